The number of rotatable bonds is 5. The van der Waals surface area contributed by atoms with Gasteiger partial charge >= 0.3 is 0 Å². The molecular formula is C15H26OSi. The molecule has 0 N–H and O–H groups in total. The summed E-state index contributed by atoms with van der Waals surface area (Å²) in [5, 5.41) is 0. The lowest BCUT2D eigenvalue weighted by molar-refractivity contribution is 0.194. The average Bonchev–Trinajstić information content (AvgIpc) is 2.22. The number of hydrogen-bond donors (Lipinski definition) is 0. The molecule has 0 rings (SSSR count). The summed E-state index contributed by atoms with van der Waals surface area (Å²) in [5.41, 5.74) is 1.51. The Kier molecular flexibility index (Phi) is 6.52. The molecule has 0 aromatic heterocycles. The van der Waals surface area contributed by atoms with Gasteiger partial charge in [0.1, 0.15) is 5.60 Å². The lowest BCUT2D eigenvalue weighted by atomic mass is 10.1. The first-order valence-corrected chi connectivity index (χ1v) is 8.02. The molecule has 0 amide bonds. The summed E-state index contributed by atoms with van der Waals surface area (Å²) < 4.78 is 6.27. The second-order valence-corrected chi connectivity index (χ2v) is 9.24. The van der Waals surface area contributed by atoms with Crippen molar-refractivity contribution in [2.75, 3.05) is 0 Å². The van der Waals surface area contributed by atoms with E-state index in [9.17, 15) is 0 Å². The van der Waals surface area contributed by atoms with Crippen molar-refractivity contribution in [2.24, 2.45) is 0 Å². The quantitative estimate of drug-likeness (QED) is 0.406. The molecule has 0 fully saturated rings. The summed E-state index contributed by atoms with van der Waals surface area (Å²) in [7, 11) is -1.29. The van der Waals surface area contributed by atoms with Gasteiger partial charge in [-0.05, 0) is 36.6 Å². The molecule has 0 aromatic carbocycles. The van der Waals surface area contributed by atoms with Crippen LogP contribution >= 0.6 is 0 Å². The zero-order valence-electron chi connectivity index (χ0n) is 12.1. The molecular weight excluding hydrogens is 224 g/mol. The van der Waals surface area contributed by atoms with Crippen LogP contribution in [0.25, 0.3) is 0 Å². The lowest BCUT2D eigenvalue weighted by Gasteiger charge is -2.31. The number of allylic oxidation sites excluding steroid dienone is 1. The van der Waals surface area contributed by atoms with Crippen molar-refractivity contribution in [3.8, 4) is 11.8 Å². The molecule has 0 heterocycles. The Bertz CT molecular complexity index is 325. The van der Waals surface area contributed by atoms with E-state index in [4.69, 9.17) is 4.43 Å². The fourth-order valence-electron chi connectivity index (χ4n) is 1.68. The largest absolute Gasteiger partial charge is 0.401 e. The molecule has 1 nitrogen and oxygen atoms in total. The molecule has 0 aliphatic rings. The fraction of sp³-hybridized carbons (Fsp3) is 0.600. The van der Waals surface area contributed by atoms with Crippen LogP contribution < -0.4 is 0 Å². The normalized spacial score (nSPS) is 14.4. The van der Waals surface area contributed by atoms with Crippen LogP contribution in [0.15, 0.2) is 24.8 Å². The van der Waals surface area contributed by atoms with Gasteiger partial charge in [0.05, 0.1) is 0 Å². The van der Waals surface area contributed by atoms with E-state index < -0.39 is 14.6 Å². The van der Waals surface area contributed by atoms with Crippen LogP contribution in [0.2, 0.25) is 11.1 Å². The maximum atomic E-state index is 6.27. The van der Waals surface area contributed by atoms with E-state index >= 15 is 0 Å². The van der Waals surface area contributed by atoms with Crippen molar-refractivity contribution >= 4 is 9.04 Å². The molecule has 1 atom stereocenters. The third kappa shape index (κ3) is 5.91. The van der Waals surface area contributed by atoms with Gasteiger partial charge in [-0.2, -0.15) is 0 Å². The van der Waals surface area contributed by atoms with Crippen molar-refractivity contribution < 1.29 is 4.43 Å². The molecule has 2 heteroatoms. The van der Waals surface area contributed by atoms with E-state index in [-0.39, 0.29) is 0 Å². The highest BCUT2D eigenvalue weighted by Gasteiger charge is 2.29. The Hall–Kier alpha value is -0.783. The minimum atomic E-state index is -1.29. The van der Waals surface area contributed by atoms with Crippen LogP contribution in [0, 0.1) is 11.8 Å². The lowest BCUT2D eigenvalue weighted by Crippen LogP contribution is -2.37. The highest BCUT2D eigenvalue weighted by molar-refractivity contribution is 6.55. The highest BCUT2D eigenvalue weighted by Crippen LogP contribution is 2.26. The van der Waals surface area contributed by atoms with Gasteiger partial charge in [-0.15, -0.1) is 0 Å². The zero-order valence-corrected chi connectivity index (χ0v) is 13.3. The second-order valence-electron chi connectivity index (χ2n) is 5.41. The summed E-state index contributed by atoms with van der Waals surface area (Å²) >= 11 is 0. The number of hydrogen-bond acceptors (Lipinski definition) is 1. The van der Waals surface area contributed by atoms with Gasteiger partial charge in [0.15, 0.2) is 9.04 Å². The molecule has 0 aliphatic carbocycles. The van der Waals surface area contributed by atoms with Crippen molar-refractivity contribution in [1.29, 1.82) is 0 Å². The van der Waals surface area contributed by atoms with Crippen LogP contribution in [0.4, 0.5) is 0 Å². The minimum Gasteiger partial charge on any atom is -0.401 e. The van der Waals surface area contributed by atoms with Crippen LogP contribution in [-0.4, -0.2) is 14.6 Å². The van der Waals surface area contributed by atoms with Crippen LogP contribution in [0.3, 0.4) is 0 Å². The minimum absolute atomic E-state index is 0.537. The Morgan fingerprint density at radius 1 is 1.29 bits per heavy atom. The molecule has 0 aromatic rings. The SMILES string of the molecule is C=CC(C)(C#CC(=C)C)O[SiH](C(C)C)C(C)C. The summed E-state index contributed by atoms with van der Waals surface area (Å²) in [4.78, 5) is 0. The first-order chi connectivity index (χ1) is 7.72. The first-order valence-electron chi connectivity index (χ1n) is 6.22. The maximum Gasteiger partial charge on any atom is 0.184 e. The molecule has 0 aliphatic heterocycles. The third-order valence-electron chi connectivity index (χ3n) is 2.61. The van der Waals surface area contributed by atoms with E-state index in [0.717, 1.165) is 5.57 Å². The van der Waals surface area contributed by atoms with E-state index in [0.29, 0.717) is 11.1 Å². The van der Waals surface area contributed by atoms with E-state index in [2.05, 4.69) is 52.7 Å². The predicted octanol–water partition coefficient (Wildman–Crippen LogP) is 4.07. The van der Waals surface area contributed by atoms with Gasteiger partial charge < -0.3 is 4.43 Å². The first kappa shape index (κ1) is 16.2. The average molecular weight is 250 g/mol. The Morgan fingerprint density at radius 3 is 2.06 bits per heavy atom. The van der Waals surface area contributed by atoms with Crippen LogP contribution in [0.1, 0.15) is 41.5 Å². The molecule has 0 saturated carbocycles. The molecule has 17 heavy (non-hydrogen) atoms. The molecule has 0 bridgehead atoms. The third-order valence-corrected chi connectivity index (χ3v) is 6.00. The van der Waals surface area contributed by atoms with Gasteiger partial charge in [0.2, 0.25) is 0 Å². The summed E-state index contributed by atoms with van der Waals surface area (Å²) in [5.74, 6) is 6.13. The predicted molar refractivity (Wildman–Crippen MR) is 79.6 cm³/mol. The second kappa shape index (κ2) is 6.83. The molecule has 0 saturated heterocycles. The highest BCUT2D eigenvalue weighted by atomic mass is 28.3. The van der Waals surface area contributed by atoms with Gasteiger partial charge in [-0.1, -0.05) is 52.7 Å². The topological polar surface area (TPSA) is 9.23 Å². The van der Waals surface area contributed by atoms with E-state index in [1.807, 2.05) is 13.8 Å². The Balaban J connectivity index is 4.96. The molecule has 0 spiro atoms. The van der Waals surface area contributed by atoms with Gasteiger partial charge in [0, 0.05) is 0 Å². The standard InChI is InChI=1S/C15H26OSi/c1-9-15(8,11-10-12(2)3)16-17(13(4)5)14(6)7/h9,13-14,17H,1-2H2,3-8H3. The summed E-state index contributed by atoms with van der Waals surface area (Å²) in [6, 6.07) is 0. The maximum absolute atomic E-state index is 6.27. The monoisotopic (exact) mass is 250 g/mol. The van der Waals surface area contributed by atoms with Crippen molar-refractivity contribution in [3.05, 3.63) is 24.8 Å². The van der Waals surface area contributed by atoms with Gasteiger partial charge in [0.25, 0.3) is 0 Å². The van der Waals surface area contributed by atoms with Crippen LogP contribution in [0.5, 0.6) is 0 Å². The van der Waals surface area contributed by atoms with Crippen molar-refractivity contribution in [1.82, 2.24) is 0 Å². The molecule has 1 unspecified atom stereocenters. The Morgan fingerprint density at radius 2 is 1.76 bits per heavy atom. The molecule has 0 radical (unpaired) electrons. The van der Waals surface area contributed by atoms with Crippen LogP contribution in [-0.2, 0) is 4.43 Å². The summed E-state index contributed by atoms with van der Waals surface area (Å²) in [6.07, 6.45) is 1.80. The van der Waals surface area contributed by atoms with E-state index in [1.165, 1.54) is 0 Å². The Labute approximate surface area is 109 Å². The van der Waals surface area contributed by atoms with E-state index in [1.54, 1.807) is 6.08 Å². The molecule has 96 valence electrons. The smallest absolute Gasteiger partial charge is 0.184 e. The fourth-order valence-corrected chi connectivity index (χ4v) is 4.49. The summed E-state index contributed by atoms with van der Waals surface area (Å²) in [6.45, 7) is 20.4. The van der Waals surface area contributed by atoms with Crippen molar-refractivity contribution in [3.63, 3.8) is 0 Å². The van der Waals surface area contributed by atoms with Crippen molar-refractivity contribution in [2.45, 2.75) is 58.2 Å². The van der Waals surface area contributed by atoms with Gasteiger partial charge in [-0.3, -0.25) is 0 Å². The zero-order chi connectivity index (χ0) is 13.6. The van der Waals surface area contributed by atoms with Gasteiger partial charge in [-0.25, -0.2) is 0 Å².